The van der Waals surface area contributed by atoms with Crippen molar-refractivity contribution in [3.63, 3.8) is 0 Å². The van der Waals surface area contributed by atoms with Gasteiger partial charge in [-0.1, -0.05) is 80.6 Å². The quantitative estimate of drug-likeness (QED) is 0.116. The molecule has 6 aromatic carbocycles. The van der Waals surface area contributed by atoms with Gasteiger partial charge in [0.15, 0.2) is 0 Å². The van der Waals surface area contributed by atoms with E-state index < -0.39 is 5.97 Å². The maximum Gasteiger partial charge on any atom is 0.337 e. The van der Waals surface area contributed by atoms with Crippen molar-refractivity contribution in [3.8, 4) is 22.3 Å². The van der Waals surface area contributed by atoms with E-state index in [0.29, 0.717) is 27.6 Å². The van der Waals surface area contributed by atoms with E-state index in [0.717, 1.165) is 121 Å². The van der Waals surface area contributed by atoms with Crippen LogP contribution in [0.5, 0.6) is 0 Å². The molecule has 0 aliphatic carbocycles. The lowest BCUT2D eigenvalue weighted by Gasteiger charge is -2.35. The van der Waals surface area contributed by atoms with Gasteiger partial charge < -0.3 is 35.8 Å². The fraction of sp³-hybridized carbons (Fsp3) is 0.200. The molecule has 4 N–H and O–H groups in total. The van der Waals surface area contributed by atoms with Crippen LogP contribution in [0.1, 0.15) is 34.6 Å². The summed E-state index contributed by atoms with van der Waals surface area (Å²) in [6.45, 7) is 15.4. The van der Waals surface area contributed by atoms with E-state index in [1.165, 1.54) is 17.6 Å². The van der Waals surface area contributed by atoms with Gasteiger partial charge in [-0.05, 0) is 78.5 Å². The van der Waals surface area contributed by atoms with Gasteiger partial charge in [0.1, 0.15) is 11.0 Å². The van der Waals surface area contributed by atoms with E-state index in [-0.39, 0.29) is 11.5 Å². The number of carboxylic acids is 1. The minimum atomic E-state index is -1.02. The third-order valence-corrected chi connectivity index (χ3v) is 14.0. The number of nitrogens with zero attached hydrogens (tertiary/aromatic N) is 10. The third-order valence-electron chi connectivity index (χ3n) is 14.0. The molecule has 15 heteroatoms. The number of nitrogens with one attached hydrogen (secondary N) is 1. The first kappa shape index (κ1) is 49.6. The molecule has 1 amide bonds. The molecular weight excluding hydrogens is 937 g/mol. The molecule has 2 saturated heterocycles. The zero-order valence-electron chi connectivity index (χ0n) is 42.1. The summed E-state index contributed by atoms with van der Waals surface area (Å²) >= 11 is 0. The number of piperazine rings is 2. The molecule has 75 heavy (non-hydrogen) atoms. The number of carbonyl (C=O) groups is 2. The summed E-state index contributed by atoms with van der Waals surface area (Å²) in [7, 11) is 0. The van der Waals surface area contributed by atoms with Crippen LogP contribution in [0.25, 0.3) is 65.9 Å². The Kier molecular flexibility index (Phi) is 15.1. The monoisotopic (exact) mass is 994 g/mol. The number of carboxylic acid groups (broad SMARTS) is 1. The molecule has 6 heterocycles. The van der Waals surface area contributed by atoms with Crippen LogP contribution in [-0.4, -0.2) is 122 Å². The maximum atomic E-state index is 13.3. The summed E-state index contributed by atoms with van der Waals surface area (Å²) in [6.07, 6.45) is 13.6. The predicted octanol–water partition coefficient (Wildman–Crippen LogP) is 10.2. The Labute approximate surface area is 435 Å². The Morgan fingerprint density at radius 3 is 1.49 bits per heavy atom. The number of carbonyl (C=O) groups excluding carboxylic acids is 1. The summed E-state index contributed by atoms with van der Waals surface area (Å²) in [6, 6.07) is 39.4. The molecule has 12 rings (SSSR count). The number of hydrogen-bond donors (Lipinski definition) is 3. The van der Waals surface area contributed by atoms with Gasteiger partial charge in [0.25, 0.3) is 5.91 Å². The van der Waals surface area contributed by atoms with Gasteiger partial charge in [0.05, 0.1) is 22.2 Å². The Bertz CT molecular complexity index is 3620. The standard InChI is InChI=1S/C30H28N6O.C18H11N3O2.C12H19N3/c1-2-35-15-17-36(18-16-35)23-9-7-22(8-10-23)34-30(37)26-12-11-25(28-29(26)33-14-13-32-28)27-20-31-19-21-5-3-4-6-24(21)27;22-18(23)14-6-5-13(16-17(14)21-8-7-20-16)15-10-19-9-11-3-1-2-4-12(11)15;1-2-14-6-8-15(9-7-14)12-5-3-4-11(13)10-12/h3-14,19-20H,2,15-18H2,1H3,(H,34,37);1-10H,(H,22,23);3-5,10H,2,6-9,13H2,1H3. The number of aromatic nitrogens is 6. The van der Waals surface area contributed by atoms with Crippen molar-refractivity contribution >= 4 is 78.2 Å². The minimum Gasteiger partial charge on any atom is -0.478 e. The van der Waals surface area contributed by atoms with E-state index in [1.54, 1.807) is 43.1 Å². The minimum absolute atomic E-state index is 0.144. The molecule has 15 nitrogen and oxygen atoms in total. The number of nitrogens with two attached hydrogens (primary N) is 1. The van der Waals surface area contributed by atoms with E-state index >= 15 is 0 Å². The number of pyridine rings is 2. The van der Waals surface area contributed by atoms with Crippen LogP contribution >= 0.6 is 0 Å². The summed E-state index contributed by atoms with van der Waals surface area (Å²) < 4.78 is 0. The molecule has 4 aromatic heterocycles. The molecule has 10 aromatic rings. The number of benzene rings is 6. The Hall–Kier alpha value is -8.92. The fourth-order valence-electron chi connectivity index (χ4n) is 9.89. The van der Waals surface area contributed by atoms with Crippen LogP contribution in [-0.2, 0) is 0 Å². The maximum absolute atomic E-state index is 13.3. The first-order valence-electron chi connectivity index (χ1n) is 25.3. The van der Waals surface area contributed by atoms with E-state index in [4.69, 9.17) is 5.73 Å². The predicted molar refractivity (Wildman–Crippen MR) is 301 cm³/mol. The van der Waals surface area contributed by atoms with Crippen molar-refractivity contribution in [3.05, 3.63) is 182 Å². The Morgan fingerprint density at radius 1 is 0.507 bits per heavy atom. The van der Waals surface area contributed by atoms with Gasteiger partial charge in [0.2, 0.25) is 0 Å². The number of rotatable bonds is 9. The zero-order chi connectivity index (χ0) is 51.7. The second-order valence-corrected chi connectivity index (χ2v) is 18.4. The Balaban J connectivity index is 0.000000143. The molecule has 0 bridgehead atoms. The molecule has 0 unspecified atom stereocenters. The van der Waals surface area contributed by atoms with Crippen LogP contribution in [0.15, 0.2) is 171 Å². The van der Waals surface area contributed by atoms with E-state index in [9.17, 15) is 14.7 Å². The lowest BCUT2D eigenvalue weighted by molar-refractivity contribution is 0.0698. The number of hydrogen-bond acceptors (Lipinski definition) is 13. The molecule has 2 aliphatic rings. The van der Waals surface area contributed by atoms with Crippen LogP contribution < -0.4 is 20.9 Å². The topological polar surface area (TPSA) is 183 Å². The fourth-order valence-corrected chi connectivity index (χ4v) is 9.89. The molecule has 0 saturated carbocycles. The highest BCUT2D eigenvalue weighted by molar-refractivity contribution is 6.14. The third kappa shape index (κ3) is 11.1. The second kappa shape index (κ2) is 22.9. The van der Waals surface area contributed by atoms with Gasteiger partial charge >= 0.3 is 5.97 Å². The number of fused-ring (bicyclic) bond motifs is 4. The summed E-state index contributed by atoms with van der Waals surface area (Å²) in [5.74, 6) is -1.23. The van der Waals surface area contributed by atoms with Crippen molar-refractivity contribution in [2.45, 2.75) is 13.8 Å². The summed E-state index contributed by atoms with van der Waals surface area (Å²) in [5.41, 5.74) is 16.2. The highest BCUT2D eigenvalue weighted by atomic mass is 16.4. The summed E-state index contributed by atoms with van der Waals surface area (Å²) in [5, 5.41) is 16.6. The van der Waals surface area contributed by atoms with Crippen LogP contribution in [0.3, 0.4) is 0 Å². The average molecular weight is 995 g/mol. The SMILES string of the molecule is CCN1CCN(c2ccc(NC(=O)c3ccc(-c4cncc5ccccc45)c4nccnc34)cc2)CC1.CCN1CCN(c2cccc(N)c2)CC1.O=C(O)c1ccc(-c2cncc3ccccc23)c2nccnc12. The van der Waals surface area contributed by atoms with Crippen molar-refractivity contribution < 1.29 is 14.7 Å². The van der Waals surface area contributed by atoms with Gasteiger partial charge in [-0.25, -0.2) is 4.79 Å². The van der Waals surface area contributed by atoms with Crippen molar-refractivity contribution in [1.29, 1.82) is 0 Å². The molecule has 376 valence electrons. The molecular formula is C60H58N12O3. The van der Waals surface area contributed by atoms with Gasteiger partial charge in [-0.3, -0.25) is 34.7 Å². The molecule has 0 atom stereocenters. The number of nitrogen functional groups attached to an aromatic ring is 1. The smallest absolute Gasteiger partial charge is 0.337 e. The van der Waals surface area contributed by atoms with Gasteiger partial charge in [0, 0.05) is 158 Å². The number of aromatic carboxylic acids is 1. The molecule has 0 radical (unpaired) electrons. The summed E-state index contributed by atoms with van der Waals surface area (Å²) in [4.78, 5) is 60.9. The first-order chi connectivity index (χ1) is 36.8. The number of likely N-dealkylation sites (N-methyl/N-ethyl adjacent to an activating group) is 2. The first-order valence-corrected chi connectivity index (χ1v) is 25.3. The number of anilines is 4. The zero-order valence-corrected chi connectivity index (χ0v) is 42.1. The van der Waals surface area contributed by atoms with Crippen molar-refractivity contribution in [2.24, 2.45) is 0 Å². The van der Waals surface area contributed by atoms with Gasteiger partial charge in [-0.2, -0.15) is 0 Å². The largest absolute Gasteiger partial charge is 0.478 e. The number of amides is 1. The van der Waals surface area contributed by atoms with Crippen LogP contribution in [0.4, 0.5) is 22.7 Å². The molecule has 0 spiro atoms. The van der Waals surface area contributed by atoms with Crippen molar-refractivity contribution in [2.75, 3.05) is 86.3 Å². The van der Waals surface area contributed by atoms with Crippen LogP contribution in [0.2, 0.25) is 0 Å². The Morgan fingerprint density at radius 2 is 0.987 bits per heavy atom. The molecule has 2 aliphatic heterocycles. The second-order valence-electron chi connectivity index (χ2n) is 18.4. The highest BCUT2D eigenvalue weighted by Crippen LogP contribution is 2.35. The van der Waals surface area contributed by atoms with E-state index in [1.807, 2.05) is 91.3 Å². The van der Waals surface area contributed by atoms with Gasteiger partial charge in [-0.15, -0.1) is 0 Å². The van der Waals surface area contributed by atoms with Crippen LogP contribution in [0, 0.1) is 0 Å². The average Bonchev–Trinajstić information content (AvgIpc) is 3.47. The highest BCUT2D eigenvalue weighted by Gasteiger charge is 2.21. The molecule has 2 fully saturated rings. The lowest BCUT2D eigenvalue weighted by atomic mass is 9.97. The lowest BCUT2D eigenvalue weighted by Crippen LogP contribution is -2.46. The normalized spacial score (nSPS) is 14.0. The van der Waals surface area contributed by atoms with E-state index in [2.05, 4.69) is 99.0 Å². The van der Waals surface area contributed by atoms with Crippen molar-refractivity contribution in [1.82, 2.24) is 39.7 Å².